The largest absolute Gasteiger partial charge is 0.365 e. The number of hydrogen-bond acceptors (Lipinski definition) is 5. The van der Waals surface area contributed by atoms with Crippen molar-refractivity contribution in [3.63, 3.8) is 0 Å². The molecule has 2 aromatic heterocycles. The van der Waals surface area contributed by atoms with Crippen LogP contribution >= 0.6 is 11.3 Å². The van der Waals surface area contributed by atoms with Crippen molar-refractivity contribution in [2.24, 2.45) is 0 Å². The minimum atomic E-state index is -1.63. The molecule has 1 saturated heterocycles. The van der Waals surface area contributed by atoms with E-state index in [1.165, 1.54) is 16.2 Å². The fraction of sp³-hybridized carbons (Fsp3) is 0.429. The zero-order chi connectivity index (χ0) is 16.6. The van der Waals surface area contributed by atoms with Crippen molar-refractivity contribution in [2.45, 2.75) is 13.3 Å². The molecule has 2 aromatic rings. The summed E-state index contributed by atoms with van der Waals surface area (Å²) in [7, 11) is 0. The number of nitrogens with zero attached hydrogens (tertiary/aromatic N) is 4. The van der Waals surface area contributed by atoms with Gasteiger partial charge in [-0.3, -0.25) is 0 Å². The molecule has 0 saturated carbocycles. The van der Waals surface area contributed by atoms with Crippen LogP contribution in [0.25, 0.3) is 0 Å². The number of pyridine rings is 1. The molecule has 3 rings (SSSR count). The Labute approximate surface area is 134 Å². The van der Waals surface area contributed by atoms with Crippen LogP contribution in [0, 0.1) is 30.5 Å². The summed E-state index contributed by atoms with van der Waals surface area (Å²) in [6, 6.07) is 0. The number of aromatic nitrogens is 2. The second kappa shape index (κ2) is 6.31. The molecular formula is C14H14F4N4S. The third-order valence-electron chi connectivity index (χ3n) is 3.66. The van der Waals surface area contributed by atoms with Crippen molar-refractivity contribution in [2.75, 3.05) is 36.0 Å². The van der Waals surface area contributed by atoms with E-state index in [9.17, 15) is 17.6 Å². The summed E-state index contributed by atoms with van der Waals surface area (Å²) in [6.07, 6.45) is 0.586. The quantitative estimate of drug-likeness (QED) is 0.618. The molecule has 124 valence electrons. The highest BCUT2D eigenvalue weighted by Crippen LogP contribution is 2.28. The molecule has 23 heavy (non-hydrogen) atoms. The maximum absolute atomic E-state index is 13.9. The van der Waals surface area contributed by atoms with E-state index in [0.717, 1.165) is 10.8 Å². The predicted octanol–water partition coefficient (Wildman–Crippen LogP) is 3.12. The van der Waals surface area contributed by atoms with E-state index in [1.807, 2.05) is 17.2 Å². The smallest absolute Gasteiger partial charge is 0.253 e. The van der Waals surface area contributed by atoms with Gasteiger partial charge in [-0.05, 0) is 13.3 Å². The van der Waals surface area contributed by atoms with Gasteiger partial charge >= 0.3 is 0 Å². The predicted molar refractivity (Wildman–Crippen MR) is 80.0 cm³/mol. The molecule has 3 heterocycles. The molecule has 9 heteroatoms. The highest BCUT2D eigenvalue weighted by atomic mass is 32.1. The first-order valence-electron chi connectivity index (χ1n) is 7.09. The number of anilines is 2. The van der Waals surface area contributed by atoms with Crippen molar-refractivity contribution in [3.05, 3.63) is 34.6 Å². The third kappa shape index (κ3) is 3.10. The third-order valence-corrected chi connectivity index (χ3v) is 4.68. The highest BCUT2D eigenvalue weighted by molar-refractivity contribution is 7.13. The first-order chi connectivity index (χ1) is 11.0. The summed E-state index contributed by atoms with van der Waals surface area (Å²) in [6.45, 7) is 3.52. The van der Waals surface area contributed by atoms with Crippen molar-refractivity contribution < 1.29 is 17.6 Å². The minimum absolute atomic E-state index is 0.232. The van der Waals surface area contributed by atoms with Crippen LogP contribution in [0.4, 0.5) is 28.4 Å². The van der Waals surface area contributed by atoms with Crippen molar-refractivity contribution in [1.82, 2.24) is 9.97 Å². The van der Waals surface area contributed by atoms with Crippen LogP contribution in [-0.2, 0) is 0 Å². The van der Waals surface area contributed by atoms with Gasteiger partial charge in [0.15, 0.2) is 5.13 Å². The minimum Gasteiger partial charge on any atom is -0.365 e. The van der Waals surface area contributed by atoms with Crippen LogP contribution in [0.2, 0.25) is 0 Å². The Morgan fingerprint density at radius 3 is 2.13 bits per heavy atom. The topological polar surface area (TPSA) is 32.3 Å². The normalized spacial score (nSPS) is 15.9. The maximum atomic E-state index is 13.9. The Bertz CT molecular complexity index is 695. The Hall–Kier alpha value is -1.90. The molecule has 0 unspecified atom stereocenters. The molecule has 4 nitrogen and oxygen atoms in total. The number of hydrogen-bond donors (Lipinski definition) is 0. The van der Waals surface area contributed by atoms with E-state index < -0.39 is 29.2 Å². The summed E-state index contributed by atoms with van der Waals surface area (Å²) in [5, 5.41) is 2.75. The molecule has 0 atom stereocenters. The lowest BCUT2D eigenvalue weighted by atomic mass is 10.3. The molecule has 0 aromatic carbocycles. The molecule has 1 fully saturated rings. The van der Waals surface area contributed by atoms with E-state index in [2.05, 4.69) is 9.97 Å². The van der Waals surface area contributed by atoms with Gasteiger partial charge in [0, 0.05) is 31.6 Å². The Kier molecular flexibility index (Phi) is 4.38. The average molecular weight is 346 g/mol. The molecular weight excluding hydrogens is 332 g/mol. The lowest BCUT2D eigenvalue weighted by Crippen LogP contribution is -2.32. The number of halogens is 4. The van der Waals surface area contributed by atoms with Gasteiger partial charge in [-0.2, -0.15) is 22.5 Å². The van der Waals surface area contributed by atoms with Crippen LogP contribution in [0.5, 0.6) is 0 Å². The van der Waals surface area contributed by atoms with Crippen LogP contribution in [0.3, 0.4) is 0 Å². The first kappa shape index (κ1) is 16.0. The standard InChI is InChI=1S/C14H14F4N4S/c1-8-7-23-14(19-8)22-4-2-3-21(5-6-22)11-9(15)12(17)20-13(18)10(11)16/h7H,2-6H2,1H3. The summed E-state index contributed by atoms with van der Waals surface area (Å²) in [4.78, 5) is 10.3. The van der Waals surface area contributed by atoms with Crippen LogP contribution < -0.4 is 9.80 Å². The fourth-order valence-electron chi connectivity index (χ4n) is 2.57. The average Bonchev–Trinajstić information content (AvgIpc) is 2.80. The van der Waals surface area contributed by atoms with Gasteiger partial charge in [0.25, 0.3) is 11.9 Å². The van der Waals surface area contributed by atoms with Crippen molar-refractivity contribution >= 4 is 22.2 Å². The second-order valence-corrected chi connectivity index (χ2v) is 6.11. The molecule has 0 aliphatic carbocycles. The lowest BCUT2D eigenvalue weighted by Gasteiger charge is -2.24. The van der Waals surface area contributed by atoms with Gasteiger partial charge in [0.1, 0.15) is 5.69 Å². The van der Waals surface area contributed by atoms with E-state index in [0.29, 0.717) is 19.5 Å². The number of thiazole rings is 1. The number of aryl methyl sites for hydroxylation is 1. The van der Waals surface area contributed by atoms with Crippen molar-refractivity contribution in [1.29, 1.82) is 0 Å². The van der Waals surface area contributed by atoms with Gasteiger partial charge in [-0.1, -0.05) is 0 Å². The van der Waals surface area contributed by atoms with Gasteiger partial charge in [-0.25, -0.2) is 4.98 Å². The summed E-state index contributed by atoms with van der Waals surface area (Å²) < 4.78 is 54.3. The Morgan fingerprint density at radius 2 is 1.52 bits per heavy atom. The van der Waals surface area contributed by atoms with Crippen LogP contribution in [0.15, 0.2) is 5.38 Å². The summed E-state index contributed by atoms with van der Waals surface area (Å²) in [5.74, 6) is -6.17. The van der Waals surface area contributed by atoms with Crippen LogP contribution in [0.1, 0.15) is 12.1 Å². The fourth-order valence-corrected chi connectivity index (χ4v) is 3.43. The SMILES string of the molecule is Cc1csc(N2CCCN(c3c(F)c(F)nc(F)c3F)CC2)n1. The summed E-state index contributed by atoms with van der Waals surface area (Å²) in [5.41, 5.74) is 0.216. The lowest BCUT2D eigenvalue weighted by molar-refractivity contribution is 0.406. The molecule has 0 radical (unpaired) electrons. The van der Waals surface area contributed by atoms with E-state index in [1.54, 1.807) is 0 Å². The number of rotatable bonds is 2. The maximum Gasteiger partial charge on any atom is 0.253 e. The second-order valence-electron chi connectivity index (χ2n) is 5.27. The van der Waals surface area contributed by atoms with E-state index >= 15 is 0 Å². The molecule has 1 aliphatic rings. The van der Waals surface area contributed by atoms with E-state index in [-0.39, 0.29) is 13.1 Å². The highest BCUT2D eigenvalue weighted by Gasteiger charge is 2.27. The van der Waals surface area contributed by atoms with Crippen LogP contribution in [-0.4, -0.2) is 36.1 Å². The zero-order valence-electron chi connectivity index (χ0n) is 12.3. The monoisotopic (exact) mass is 346 g/mol. The first-order valence-corrected chi connectivity index (χ1v) is 7.97. The molecule has 0 spiro atoms. The molecule has 0 N–H and O–H groups in total. The molecule has 1 aliphatic heterocycles. The molecule has 0 amide bonds. The van der Waals surface area contributed by atoms with Gasteiger partial charge in [0.05, 0.1) is 5.69 Å². The zero-order valence-corrected chi connectivity index (χ0v) is 13.1. The summed E-state index contributed by atoms with van der Waals surface area (Å²) >= 11 is 1.49. The van der Waals surface area contributed by atoms with Crippen molar-refractivity contribution in [3.8, 4) is 0 Å². The van der Waals surface area contributed by atoms with Gasteiger partial charge in [-0.15, -0.1) is 11.3 Å². The molecule has 0 bridgehead atoms. The van der Waals surface area contributed by atoms with Gasteiger partial charge in [0.2, 0.25) is 11.6 Å². The van der Waals surface area contributed by atoms with E-state index in [4.69, 9.17) is 0 Å². The van der Waals surface area contributed by atoms with Gasteiger partial charge < -0.3 is 9.80 Å². The Balaban J connectivity index is 1.84. The Morgan fingerprint density at radius 1 is 0.913 bits per heavy atom.